The minimum absolute atomic E-state index is 0.0730. The smallest absolute Gasteiger partial charge is 0.319 e. The first kappa shape index (κ1) is 22.0. The number of nitrogens with zero attached hydrogens (tertiary/aromatic N) is 1. The Morgan fingerprint density at radius 2 is 1.97 bits per heavy atom. The lowest BCUT2D eigenvalue weighted by Crippen LogP contribution is -2.41. The molecule has 0 saturated heterocycles. The third-order valence-corrected chi connectivity index (χ3v) is 5.97. The molecule has 2 aromatic rings. The van der Waals surface area contributed by atoms with Crippen molar-refractivity contribution in [2.24, 2.45) is 0 Å². The van der Waals surface area contributed by atoms with Crippen LogP contribution >= 0.6 is 11.6 Å². The van der Waals surface area contributed by atoms with Crippen LogP contribution in [0, 0.1) is 5.82 Å². The Kier molecular flexibility index (Phi) is 6.23. The van der Waals surface area contributed by atoms with E-state index in [1.165, 1.54) is 12.1 Å². The number of halogens is 2. The second kappa shape index (κ2) is 9.08. The van der Waals surface area contributed by atoms with Crippen molar-refractivity contribution in [1.29, 1.82) is 0 Å². The van der Waals surface area contributed by atoms with Gasteiger partial charge in [0.2, 0.25) is 0 Å². The topological polar surface area (TPSA) is 95.6 Å². The maximum Gasteiger partial charge on any atom is 0.319 e. The predicted octanol–water partition coefficient (Wildman–Crippen LogP) is 3.84. The van der Waals surface area contributed by atoms with Gasteiger partial charge in [-0.15, -0.1) is 0 Å². The number of ketones is 2. The fourth-order valence-corrected chi connectivity index (χ4v) is 4.25. The summed E-state index contributed by atoms with van der Waals surface area (Å²) in [5, 5.41) is 5.19. The molecule has 0 spiro atoms. The Labute approximate surface area is 188 Å². The third-order valence-electron chi connectivity index (χ3n) is 5.68. The zero-order valence-corrected chi connectivity index (χ0v) is 17.9. The number of amides is 3. The van der Waals surface area contributed by atoms with Crippen molar-refractivity contribution in [3.05, 3.63) is 63.9 Å². The summed E-state index contributed by atoms with van der Waals surface area (Å²) < 4.78 is 13.2. The van der Waals surface area contributed by atoms with Crippen LogP contribution < -0.4 is 10.6 Å². The summed E-state index contributed by atoms with van der Waals surface area (Å²) in [5.74, 6) is -1.06. The molecule has 9 heteroatoms. The van der Waals surface area contributed by atoms with Crippen LogP contribution in [-0.4, -0.2) is 34.4 Å². The molecule has 0 bridgehead atoms. The molecule has 1 saturated carbocycles. The van der Waals surface area contributed by atoms with Crippen LogP contribution in [0.3, 0.4) is 0 Å². The minimum atomic E-state index is -0.573. The maximum absolute atomic E-state index is 13.2. The zero-order valence-electron chi connectivity index (χ0n) is 17.1. The molecule has 32 heavy (non-hydrogen) atoms. The fraction of sp³-hybridized carbons (Fsp3) is 0.304. The summed E-state index contributed by atoms with van der Waals surface area (Å²) in [6.45, 7) is 0.506. The molecule has 3 amide bonds. The molecule has 166 valence electrons. The molecular formula is C23H21ClFN3O4. The molecule has 0 aromatic heterocycles. The molecule has 2 N–H and O–H groups in total. The van der Waals surface area contributed by atoms with E-state index in [1.807, 2.05) is 6.07 Å². The lowest BCUT2D eigenvalue weighted by atomic mass is 10.1. The molecule has 1 heterocycles. The number of fused-ring (bicyclic) bond motifs is 1. The van der Waals surface area contributed by atoms with Gasteiger partial charge in [0.25, 0.3) is 5.91 Å². The first-order valence-electron chi connectivity index (χ1n) is 10.3. The second-order valence-electron chi connectivity index (χ2n) is 7.95. The van der Waals surface area contributed by atoms with Crippen LogP contribution in [0.4, 0.5) is 14.9 Å². The molecular weight excluding hydrogens is 437 g/mol. The van der Waals surface area contributed by atoms with Gasteiger partial charge >= 0.3 is 6.03 Å². The van der Waals surface area contributed by atoms with Crippen LogP contribution in [0.1, 0.15) is 47.2 Å². The molecule has 1 aliphatic carbocycles. The minimum Gasteiger partial charge on any atom is -0.334 e. The largest absolute Gasteiger partial charge is 0.334 e. The Balaban J connectivity index is 1.39. The van der Waals surface area contributed by atoms with Gasteiger partial charge in [0.05, 0.1) is 17.5 Å². The monoisotopic (exact) mass is 457 g/mol. The van der Waals surface area contributed by atoms with Crippen LogP contribution in [-0.2, 0) is 22.7 Å². The summed E-state index contributed by atoms with van der Waals surface area (Å²) in [6.07, 6.45) is 1.35. The van der Waals surface area contributed by atoms with Gasteiger partial charge in [-0.2, -0.15) is 0 Å². The molecule has 0 radical (unpaired) electrons. The zero-order chi connectivity index (χ0) is 22.8. The number of carbonyl (C=O) groups is 4. The number of anilines is 1. The summed E-state index contributed by atoms with van der Waals surface area (Å²) >= 11 is 5.71. The quantitative estimate of drug-likeness (QED) is 0.538. The molecule has 2 aliphatic rings. The Hall–Kier alpha value is -3.26. The van der Waals surface area contributed by atoms with Crippen molar-refractivity contribution < 1.29 is 23.6 Å². The number of rotatable bonds is 4. The van der Waals surface area contributed by atoms with Crippen molar-refractivity contribution in [2.45, 2.75) is 44.8 Å². The highest BCUT2D eigenvalue weighted by atomic mass is 35.5. The molecule has 2 aromatic carbocycles. The van der Waals surface area contributed by atoms with E-state index in [2.05, 4.69) is 10.6 Å². The normalized spacial score (nSPS) is 18.4. The van der Waals surface area contributed by atoms with Crippen molar-refractivity contribution in [3.8, 4) is 0 Å². The van der Waals surface area contributed by atoms with Crippen LogP contribution in [0.5, 0.6) is 0 Å². The Morgan fingerprint density at radius 1 is 1.16 bits per heavy atom. The van der Waals surface area contributed by atoms with E-state index in [0.29, 0.717) is 37.1 Å². The van der Waals surface area contributed by atoms with E-state index in [9.17, 15) is 23.6 Å². The average molecular weight is 458 g/mol. The van der Waals surface area contributed by atoms with Gasteiger partial charge in [-0.1, -0.05) is 23.7 Å². The summed E-state index contributed by atoms with van der Waals surface area (Å²) in [4.78, 5) is 50.7. The molecule has 1 unspecified atom stereocenters. The number of hydrogen-bond donors (Lipinski definition) is 2. The molecule has 7 nitrogen and oxygen atoms in total. The van der Waals surface area contributed by atoms with Gasteiger partial charge < -0.3 is 15.5 Å². The van der Waals surface area contributed by atoms with Crippen LogP contribution in [0.2, 0.25) is 5.02 Å². The van der Waals surface area contributed by atoms with Gasteiger partial charge in [-0.25, -0.2) is 9.18 Å². The van der Waals surface area contributed by atoms with E-state index in [-0.39, 0.29) is 35.5 Å². The highest BCUT2D eigenvalue weighted by Gasteiger charge is 2.37. The fourth-order valence-electron chi connectivity index (χ4n) is 4.07. The Morgan fingerprint density at radius 3 is 2.75 bits per heavy atom. The SMILES string of the molecule is O=C1CCCC(N2Cc3cc(CNC(=O)Nc4ccc(F)c(Cl)c4)ccc3C2=O)C(=O)C1. The Bertz CT molecular complexity index is 1120. The first-order chi connectivity index (χ1) is 15.3. The van der Waals surface area contributed by atoms with Crippen molar-refractivity contribution in [3.63, 3.8) is 0 Å². The highest BCUT2D eigenvalue weighted by molar-refractivity contribution is 6.31. The summed E-state index contributed by atoms with van der Waals surface area (Å²) in [7, 11) is 0. The van der Waals surface area contributed by atoms with Gasteiger partial charge in [0.1, 0.15) is 11.6 Å². The first-order valence-corrected chi connectivity index (χ1v) is 10.7. The summed E-state index contributed by atoms with van der Waals surface area (Å²) in [5.41, 5.74) is 2.45. The van der Waals surface area contributed by atoms with Crippen LogP contribution in [0.15, 0.2) is 36.4 Å². The van der Waals surface area contributed by atoms with Crippen molar-refractivity contribution >= 4 is 40.8 Å². The number of benzene rings is 2. The second-order valence-corrected chi connectivity index (χ2v) is 8.36. The summed E-state index contributed by atoms with van der Waals surface area (Å²) in [6, 6.07) is 8.08. The van der Waals surface area contributed by atoms with E-state index in [0.717, 1.165) is 17.2 Å². The predicted molar refractivity (Wildman–Crippen MR) is 116 cm³/mol. The highest BCUT2D eigenvalue weighted by Crippen LogP contribution is 2.29. The maximum atomic E-state index is 13.2. The number of carbonyl (C=O) groups excluding carboxylic acids is 4. The molecule has 1 fully saturated rings. The number of urea groups is 1. The van der Waals surface area contributed by atoms with E-state index in [4.69, 9.17) is 11.6 Å². The number of hydrogen-bond acceptors (Lipinski definition) is 4. The molecule has 1 atom stereocenters. The lowest BCUT2D eigenvalue weighted by Gasteiger charge is -2.25. The van der Waals surface area contributed by atoms with Crippen molar-refractivity contribution in [1.82, 2.24) is 10.2 Å². The van der Waals surface area contributed by atoms with Crippen LogP contribution in [0.25, 0.3) is 0 Å². The molecule has 4 rings (SSSR count). The third kappa shape index (κ3) is 4.65. The van der Waals surface area contributed by atoms with Gasteiger partial charge in [-0.3, -0.25) is 14.4 Å². The number of nitrogens with one attached hydrogen (secondary N) is 2. The number of Topliss-reactive ketones (excluding diaryl/α,β-unsaturated/α-hetero) is 2. The van der Waals surface area contributed by atoms with Gasteiger partial charge in [0, 0.05) is 30.8 Å². The average Bonchev–Trinajstić information content (AvgIpc) is 2.97. The van der Waals surface area contributed by atoms with E-state index >= 15 is 0 Å². The van der Waals surface area contributed by atoms with E-state index in [1.54, 1.807) is 17.0 Å². The van der Waals surface area contributed by atoms with Crippen molar-refractivity contribution in [2.75, 3.05) is 5.32 Å². The standard InChI is InChI=1S/C23H21ClFN3O4/c24-18-9-15(5-7-19(18)25)27-23(32)26-11-13-4-6-17-14(8-13)12-28(22(17)31)20-3-1-2-16(29)10-21(20)30/h4-9,20H,1-3,10-12H2,(H2,26,27,32). The molecule has 1 aliphatic heterocycles. The lowest BCUT2D eigenvalue weighted by molar-refractivity contribution is -0.128. The van der Waals surface area contributed by atoms with E-state index < -0.39 is 17.9 Å². The van der Waals surface area contributed by atoms with Gasteiger partial charge in [0.15, 0.2) is 5.78 Å². The van der Waals surface area contributed by atoms with Gasteiger partial charge in [-0.05, 0) is 48.2 Å².